The van der Waals surface area contributed by atoms with Gasteiger partial charge in [-0.2, -0.15) is 0 Å². The van der Waals surface area contributed by atoms with E-state index in [0.29, 0.717) is 5.69 Å². The maximum absolute atomic E-state index is 11.9. The Morgan fingerprint density at radius 2 is 1.77 bits per heavy atom. The van der Waals surface area contributed by atoms with Gasteiger partial charge in [-0.15, -0.1) is 0 Å². The lowest BCUT2D eigenvalue weighted by atomic mass is 10.3. The molecule has 0 aliphatic carbocycles. The monoisotopic (exact) mass is 326 g/mol. The molecule has 1 rings (SSSR count). The Morgan fingerprint density at radius 1 is 1.18 bits per heavy atom. The highest BCUT2D eigenvalue weighted by Crippen LogP contribution is 2.16. The van der Waals surface area contributed by atoms with Crippen molar-refractivity contribution < 1.29 is 22.7 Å². The Hall–Kier alpha value is -2.19. The maximum Gasteiger partial charge on any atom is 0.330 e. The Bertz CT molecular complexity index is 663. The number of benzene rings is 1. The fourth-order valence-corrected chi connectivity index (χ4v) is 2.34. The van der Waals surface area contributed by atoms with E-state index in [9.17, 15) is 18.0 Å². The van der Waals surface area contributed by atoms with Gasteiger partial charge in [0, 0.05) is 31.9 Å². The van der Waals surface area contributed by atoms with Gasteiger partial charge in [0.25, 0.3) is 0 Å². The molecule has 0 aromatic heterocycles. The van der Waals surface area contributed by atoms with E-state index in [-0.39, 0.29) is 11.5 Å². The smallest absolute Gasteiger partial charge is 0.330 e. The Morgan fingerprint density at radius 3 is 2.27 bits per heavy atom. The minimum atomic E-state index is -3.50. The Labute approximate surface area is 129 Å². The number of ether oxygens (including phenoxy) is 1. The highest BCUT2D eigenvalue weighted by Gasteiger charge is 2.16. The van der Waals surface area contributed by atoms with Crippen LogP contribution in [0.2, 0.25) is 0 Å². The lowest BCUT2D eigenvalue weighted by Gasteiger charge is -2.11. The third-order valence-electron chi connectivity index (χ3n) is 2.56. The first-order valence-corrected chi connectivity index (χ1v) is 7.89. The van der Waals surface area contributed by atoms with Gasteiger partial charge in [0.2, 0.25) is 15.9 Å². The number of hydrogen-bond donors (Lipinski definition) is 1. The Balaban J connectivity index is 2.73. The molecule has 1 amide bonds. The van der Waals surface area contributed by atoms with Crippen molar-refractivity contribution in [2.45, 2.75) is 11.8 Å². The van der Waals surface area contributed by atoms with E-state index < -0.39 is 21.9 Å². The van der Waals surface area contributed by atoms with Crippen LogP contribution in [0.25, 0.3) is 0 Å². The lowest BCUT2D eigenvalue weighted by Crippen LogP contribution is -2.22. The summed E-state index contributed by atoms with van der Waals surface area (Å²) in [5.41, 5.74) is 0.413. The highest BCUT2D eigenvalue weighted by molar-refractivity contribution is 7.89. The number of carbonyl (C=O) groups is 2. The Kier molecular flexibility index (Phi) is 6.26. The molecule has 0 aliphatic heterocycles. The first-order chi connectivity index (χ1) is 10.3. The normalized spacial score (nSPS) is 11.6. The summed E-state index contributed by atoms with van der Waals surface area (Å²) in [6.07, 6.45) is 2.06. The van der Waals surface area contributed by atoms with Crippen LogP contribution in [-0.4, -0.2) is 45.3 Å². The van der Waals surface area contributed by atoms with Gasteiger partial charge in [-0.3, -0.25) is 4.79 Å². The van der Waals surface area contributed by atoms with Gasteiger partial charge in [0.05, 0.1) is 11.5 Å². The van der Waals surface area contributed by atoms with Crippen LogP contribution in [0.3, 0.4) is 0 Å². The molecule has 22 heavy (non-hydrogen) atoms. The van der Waals surface area contributed by atoms with Gasteiger partial charge in [-0.25, -0.2) is 17.5 Å². The van der Waals surface area contributed by atoms with Crippen molar-refractivity contribution in [3.05, 3.63) is 36.4 Å². The largest absolute Gasteiger partial charge is 0.463 e. The van der Waals surface area contributed by atoms with Crippen LogP contribution in [0.5, 0.6) is 0 Å². The third-order valence-corrected chi connectivity index (χ3v) is 4.39. The van der Waals surface area contributed by atoms with Crippen molar-refractivity contribution in [2.24, 2.45) is 0 Å². The van der Waals surface area contributed by atoms with Crippen molar-refractivity contribution in [2.75, 3.05) is 26.0 Å². The molecule has 1 aromatic carbocycles. The second-order valence-corrected chi connectivity index (χ2v) is 6.54. The van der Waals surface area contributed by atoms with Crippen LogP contribution in [0.4, 0.5) is 5.69 Å². The molecule has 0 saturated carbocycles. The quantitative estimate of drug-likeness (QED) is 0.622. The molecule has 0 atom stereocenters. The average Bonchev–Trinajstić information content (AvgIpc) is 2.46. The molecule has 0 aliphatic rings. The van der Waals surface area contributed by atoms with Crippen LogP contribution in [-0.2, 0) is 24.3 Å². The number of nitrogens with one attached hydrogen (secondary N) is 1. The van der Waals surface area contributed by atoms with Crippen molar-refractivity contribution in [3.8, 4) is 0 Å². The van der Waals surface area contributed by atoms with Gasteiger partial charge in [0.1, 0.15) is 0 Å². The minimum Gasteiger partial charge on any atom is -0.463 e. The van der Waals surface area contributed by atoms with E-state index in [1.54, 1.807) is 6.92 Å². The predicted molar refractivity (Wildman–Crippen MR) is 81.7 cm³/mol. The van der Waals surface area contributed by atoms with E-state index in [2.05, 4.69) is 10.1 Å². The second kappa shape index (κ2) is 7.71. The number of sulfonamides is 1. The summed E-state index contributed by atoms with van der Waals surface area (Å²) in [5.74, 6) is -1.12. The summed E-state index contributed by atoms with van der Waals surface area (Å²) >= 11 is 0. The van der Waals surface area contributed by atoms with E-state index in [0.717, 1.165) is 16.5 Å². The molecular formula is C14H18N2O5S. The van der Waals surface area contributed by atoms with Gasteiger partial charge < -0.3 is 10.1 Å². The maximum atomic E-state index is 11.9. The summed E-state index contributed by atoms with van der Waals surface area (Å²) in [4.78, 5) is 22.8. The molecule has 120 valence electrons. The summed E-state index contributed by atoms with van der Waals surface area (Å²) in [5, 5.41) is 2.51. The third kappa shape index (κ3) is 4.97. The molecular weight excluding hydrogens is 308 g/mol. The number of carbonyl (C=O) groups excluding carboxylic acids is 2. The lowest BCUT2D eigenvalue weighted by molar-refractivity contribution is -0.137. The standard InChI is InChI=1S/C14H18N2O5S/c1-4-21-14(18)10-9-13(17)15-11-5-7-12(8-6-11)22(19,20)16(2)3/h5-10H,4H2,1-3H3,(H,15,17)/b10-9+. The minimum absolute atomic E-state index is 0.123. The molecule has 0 bridgehead atoms. The number of anilines is 1. The van der Waals surface area contributed by atoms with Crippen LogP contribution in [0.15, 0.2) is 41.3 Å². The van der Waals surface area contributed by atoms with E-state index in [1.165, 1.54) is 38.4 Å². The SMILES string of the molecule is CCOC(=O)/C=C/C(=O)Nc1ccc(S(=O)(=O)N(C)C)cc1. The first-order valence-electron chi connectivity index (χ1n) is 6.45. The topological polar surface area (TPSA) is 92.8 Å². The van der Waals surface area contributed by atoms with Gasteiger partial charge >= 0.3 is 5.97 Å². The van der Waals surface area contributed by atoms with E-state index >= 15 is 0 Å². The number of rotatable bonds is 6. The number of hydrogen-bond acceptors (Lipinski definition) is 5. The molecule has 0 saturated heterocycles. The van der Waals surface area contributed by atoms with E-state index in [4.69, 9.17) is 0 Å². The molecule has 1 N–H and O–H groups in total. The summed E-state index contributed by atoms with van der Waals surface area (Å²) < 4.78 is 29.5. The molecule has 0 radical (unpaired) electrons. The van der Waals surface area contributed by atoms with Crippen molar-refractivity contribution in [1.29, 1.82) is 0 Å². The van der Waals surface area contributed by atoms with Gasteiger partial charge in [0.15, 0.2) is 0 Å². The van der Waals surface area contributed by atoms with Crippen LogP contribution >= 0.6 is 0 Å². The molecule has 0 heterocycles. The first kappa shape index (κ1) is 17.9. The molecule has 0 unspecified atom stereocenters. The van der Waals surface area contributed by atoms with Gasteiger partial charge in [-0.1, -0.05) is 0 Å². The molecule has 0 fully saturated rings. The van der Waals surface area contributed by atoms with Crippen molar-refractivity contribution in [3.63, 3.8) is 0 Å². The van der Waals surface area contributed by atoms with Crippen molar-refractivity contribution in [1.82, 2.24) is 4.31 Å². The molecule has 0 spiro atoms. The van der Waals surface area contributed by atoms with Crippen LogP contribution in [0.1, 0.15) is 6.92 Å². The van der Waals surface area contributed by atoms with Crippen LogP contribution in [0, 0.1) is 0 Å². The fourth-order valence-electron chi connectivity index (χ4n) is 1.44. The average molecular weight is 326 g/mol. The summed E-state index contributed by atoms with van der Waals surface area (Å²) in [6, 6.07) is 5.71. The zero-order valence-electron chi connectivity index (χ0n) is 12.6. The zero-order valence-corrected chi connectivity index (χ0v) is 13.4. The fraction of sp³-hybridized carbons (Fsp3) is 0.286. The predicted octanol–water partition coefficient (Wildman–Crippen LogP) is 0.995. The molecule has 8 heteroatoms. The van der Waals surface area contributed by atoms with Crippen molar-refractivity contribution >= 4 is 27.6 Å². The van der Waals surface area contributed by atoms with E-state index in [1.807, 2.05) is 0 Å². The van der Waals surface area contributed by atoms with Crippen LogP contribution < -0.4 is 5.32 Å². The summed E-state index contributed by atoms with van der Waals surface area (Å²) in [7, 11) is -0.633. The second-order valence-electron chi connectivity index (χ2n) is 4.39. The summed E-state index contributed by atoms with van der Waals surface area (Å²) in [6.45, 7) is 1.89. The highest BCUT2D eigenvalue weighted by atomic mass is 32.2. The number of nitrogens with zero attached hydrogens (tertiary/aromatic N) is 1. The number of amides is 1. The molecule has 7 nitrogen and oxygen atoms in total. The number of esters is 1. The van der Waals surface area contributed by atoms with Gasteiger partial charge in [-0.05, 0) is 31.2 Å². The molecule has 1 aromatic rings. The zero-order chi connectivity index (χ0) is 16.8.